The number of halogens is 1. The number of likely N-dealkylation sites (N-methyl/N-ethyl adjacent to an activating group) is 1. The van der Waals surface area contributed by atoms with Gasteiger partial charge in [0.1, 0.15) is 5.82 Å². The molecule has 1 aromatic rings. The number of nitrogens with zero attached hydrogens (tertiary/aromatic N) is 2. The van der Waals surface area contributed by atoms with Crippen molar-refractivity contribution in [2.45, 2.75) is 26.4 Å². The molecule has 0 saturated carbocycles. The first-order chi connectivity index (χ1) is 8.92. The minimum absolute atomic E-state index is 0.0903. The number of benzene rings is 1. The summed E-state index contributed by atoms with van der Waals surface area (Å²) in [5.41, 5.74) is 0.764. The lowest BCUT2D eigenvalue weighted by atomic mass is 10.1. The van der Waals surface area contributed by atoms with Crippen LogP contribution in [0.2, 0.25) is 0 Å². The first-order valence-electron chi connectivity index (χ1n) is 6.08. The molecule has 0 heterocycles. The minimum Gasteiger partial charge on any atom is -0.353 e. The Bertz CT molecular complexity index is 494. The van der Waals surface area contributed by atoms with Crippen LogP contribution >= 0.6 is 0 Å². The van der Waals surface area contributed by atoms with Crippen LogP contribution in [0.4, 0.5) is 4.39 Å². The van der Waals surface area contributed by atoms with Crippen LogP contribution in [-0.4, -0.2) is 30.4 Å². The second-order valence-electron chi connectivity index (χ2n) is 4.81. The van der Waals surface area contributed by atoms with Crippen LogP contribution < -0.4 is 5.32 Å². The zero-order valence-corrected chi connectivity index (χ0v) is 11.4. The van der Waals surface area contributed by atoms with Crippen molar-refractivity contribution in [3.05, 3.63) is 35.1 Å². The van der Waals surface area contributed by atoms with Crippen LogP contribution in [0, 0.1) is 17.1 Å². The first-order valence-corrected chi connectivity index (χ1v) is 6.08. The van der Waals surface area contributed by atoms with Crippen LogP contribution in [0.25, 0.3) is 0 Å². The first kappa shape index (κ1) is 15.1. The highest BCUT2D eigenvalue weighted by atomic mass is 19.1. The van der Waals surface area contributed by atoms with Crippen LogP contribution in [0.1, 0.15) is 25.0 Å². The number of nitrogens with one attached hydrogen (secondary N) is 1. The van der Waals surface area contributed by atoms with Crippen molar-refractivity contribution in [2.24, 2.45) is 0 Å². The number of hydrogen-bond donors (Lipinski definition) is 1. The Hall–Kier alpha value is -1.93. The molecule has 0 aliphatic rings. The maximum Gasteiger partial charge on any atom is 0.234 e. The molecule has 0 aliphatic carbocycles. The van der Waals surface area contributed by atoms with E-state index in [1.54, 1.807) is 24.1 Å². The summed E-state index contributed by atoms with van der Waals surface area (Å²) in [6, 6.07) is 6.32. The van der Waals surface area contributed by atoms with Gasteiger partial charge in [0.15, 0.2) is 0 Å². The van der Waals surface area contributed by atoms with Crippen molar-refractivity contribution in [1.29, 1.82) is 5.26 Å². The predicted octanol–water partition coefficient (Wildman–Crippen LogP) is 1.65. The van der Waals surface area contributed by atoms with E-state index < -0.39 is 5.82 Å². The van der Waals surface area contributed by atoms with Gasteiger partial charge < -0.3 is 5.32 Å². The van der Waals surface area contributed by atoms with Gasteiger partial charge in [-0.1, -0.05) is 6.07 Å². The Labute approximate surface area is 112 Å². The second kappa shape index (κ2) is 6.86. The largest absolute Gasteiger partial charge is 0.353 e. The smallest absolute Gasteiger partial charge is 0.234 e. The van der Waals surface area contributed by atoms with E-state index in [0.29, 0.717) is 17.7 Å². The summed E-state index contributed by atoms with van der Waals surface area (Å²) in [6.45, 7) is 4.30. The minimum atomic E-state index is -0.421. The Balaban J connectivity index is 2.60. The molecular formula is C14H18FN3O. The summed E-state index contributed by atoms with van der Waals surface area (Å²) in [4.78, 5) is 13.3. The van der Waals surface area contributed by atoms with Gasteiger partial charge in [-0.25, -0.2) is 4.39 Å². The van der Waals surface area contributed by atoms with Crippen molar-refractivity contribution in [3.8, 4) is 6.07 Å². The number of carbonyl (C=O) groups excluding carboxylic acids is 1. The van der Waals surface area contributed by atoms with E-state index in [-0.39, 0.29) is 18.5 Å². The SMILES string of the molecule is CC(C)NC(=O)CN(C)Cc1ccc(C#N)cc1F. The molecule has 0 aliphatic heterocycles. The Morgan fingerprint density at radius 2 is 2.21 bits per heavy atom. The Morgan fingerprint density at radius 1 is 1.53 bits per heavy atom. The highest BCUT2D eigenvalue weighted by Crippen LogP contribution is 2.11. The van der Waals surface area contributed by atoms with Crippen molar-refractivity contribution >= 4 is 5.91 Å². The molecule has 4 nitrogen and oxygen atoms in total. The molecule has 0 atom stereocenters. The summed E-state index contributed by atoms with van der Waals surface area (Å²) in [5, 5.41) is 11.4. The van der Waals surface area contributed by atoms with E-state index >= 15 is 0 Å². The lowest BCUT2D eigenvalue weighted by Gasteiger charge is -2.17. The summed E-state index contributed by atoms with van der Waals surface area (Å²) in [7, 11) is 1.75. The van der Waals surface area contributed by atoms with E-state index in [4.69, 9.17) is 5.26 Å². The van der Waals surface area contributed by atoms with Gasteiger partial charge in [0.25, 0.3) is 0 Å². The normalized spacial score (nSPS) is 10.6. The summed E-state index contributed by atoms with van der Waals surface area (Å²) < 4.78 is 13.7. The highest BCUT2D eigenvalue weighted by Gasteiger charge is 2.10. The molecule has 0 spiro atoms. The third kappa shape index (κ3) is 5.06. The molecule has 0 saturated heterocycles. The standard InChI is InChI=1S/C14H18FN3O/c1-10(2)17-14(19)9-18(3)8-12-5-4-11(7-16)6-13(12)15/h4-6,10H,8-9H2,1-3H3,(H,17,19). The van der Waals surface area contributed by atoms with Crippen molar-refractivity contribution in [1.82, 2.24) is 10.2 Å². The number of amides is 1. The zero-order chi connectivity index (χ0) is 14.4. The fourth-order valence-corrected chi connectivity index (χ4v) is 1.70. The van der Waals surface area contributed by atoms with Crippen LogP contribution in [0.5, 0.6) is 0 Å². The number of rotatable bonds is 5. The fourth-order valence-electron chi connectivity index (χ4n) is 1.70. The van der Waals surface area contributed by atoms with Crippen LogP contribution in [0.15, 0.2) is 18.2 Å². The van der Waals surface area contributed by atoms with E-state index in [1.807, 2.05) is 19.9 Å². The molecule has 5 heteroatoms. The average Bonchev–Trinajstić information content (AvgIpc) is 2.30. The van der Waals surface area contributed by atoms with Crippen LogP contribution in [-0.2, 0) is 11.3 Å². The van der Waals surface area contributed by atoms with Gasteiger partial charge in [-0.3, -0.25) is 9.69 Å². The topological polar surface area (TPSA) is 56.1 Å². The fraction of sp³-hybridized carbons (Fsp3) is 0.429. The summed E-state index contributed by atoms with van der Waals surface area (Å²) in [6.07, 6.45) is 0. The van der Waals surface area contributed by atoms with Gasteiger partial charge in [0.2, 0.25) is 5.91 Å². The molecule has 1 N–H and O–H groups in total. The molecule has 0 aromatic heterocycles. The molecule has 19 heavy (non-hydrogen) atoms. The van der Waals surface area contributed by atoms with Crippen molar-refractivity contribution < 1.29 is 9.18 Å². The van der Waals surface area contributed by atoms with Gasteiger partial charge in [0, 0.05) is 18.2 Å². The average molecular weight is 263 g/mol. The van der Waals surface area contributed by atoms with E-state index in [9.17, 15) is 9.18 Å². The van der Waals surface area contributed by atoms with Crippen LogP contribution in [0.3, 0.4) is 0 Å². The van der Waals surface area contributed by atoms with Crippen molar-refractivity contribution in [2.75, 3.05) is 13.6 Å². The number of hydrogen-bond acceptors (Lipinski definition) is 3. The third-order valence-electron chi connectivity index (χ3n) is 2.49. The monoisotopic (exact) mass is 263 g/mol. The van der Waals surface area contributed by atoms with Gasteiger partial charge in [-0.05, 0) is 33.0 Å². The maximum absolute atomic E-state index is 13.7. The van der Waals surface area contributed by atoms with Gasteiger partial charge in [0.05, 0.1) is 18.2 Å². The molecule has 102 valence electrons. The lowest BCUT2D eigenvalue weighted by molar-refractivity contribution is -0.122. The van der Waals surface area contributed by atoms with E-state index in [0.717, 1.165) is 0 Å². The summed E-state index contributed by atoms with van der Waals surface area (Å²) in [5.74, 6) is -0.512. The molecule has 0 radical (unpaired) electrons. The molecule has 1 amide bonds. The predicted molar refractivity (Wildman–Crippen MR) is 70.7 cm³/mol. The van der Waals surface area contributed by atoms with Crippen molar-refractivity contribution in [3.63, 3.8) is 0 Å². The molecular weight excluding hydrogens is 245 g/mol. The molecule has 1 aromatic carbocycles. The van der Waals surface area contributed by atoms with Gasteiger partial charge in [-0.2, -0.15) is 5.26 Å². The quantitative estimate of drug-likeness (QED) is 0.879. The van der Waals surface area contributed by atoms with Gasteiger partial charge >= 0.3 is 0 Å². The van der Waals surface area contributed by atoms with E-state index in [2.05, 4.69) is 5.32 Å². The maximum atomic E-state index is 13.7. The zero-order valence-electron chi connectivity index (χ0n) is 11.4. The van der Waals surface area contributed by atoms with Gasteiger partial charge in [-0.15, -0.1) is 0 Å². The summed E-state index contributed by atoms with van der Waals surface area (Å²) >= 11 is 0. The number of carbonyl (C=O) groups is 1. The molecule has 0 bridgehead atoms. The molecule has 0 unspecified atom stereocenters. The Morgan fingerprint density at radius 3 is 2.74 bits per heavy atom. The second-order valence-corrected chi connectivity index (χ2v) is 4.81. The van der Waals surface area contributed by atoms with E-state index in [1.165, 1.54) is 6.07 Å². The molecule has 1 rings (SSSR count). The lowest BCUT2D eigenvalue weighted by Crippen LogP contribution is -2.38. The Kier molecular flexibility index (Phi) is 5.46. The third-order valence-corrected chi connectivity index (χ3v) is 2.49. The highest BCUT2D eigenvalue weighted by molar-refractivity contribution is 5.78. The molecule has 0 fully saturated rings. The number of nitriles is 1.